The summed E-state index contributed by atoms with van der Waals surface area (Å²) in [6.07, 6.45) is 0. The normalized spacial score (nSPS) is 10.3. The van der Waals surface area contributed by atoms with Gasteiger partial charge in [0.1, 0.15) is 23.7 Å². The number of hydrogen-bond donors (Lipinski definition) is 2. The third-order valence-corrected chi connectivity index (χ3v) is 3.44. The highest BCUT2D eigenvalue weighted by Crippen LogP contribution is 2.33. The van der Waals surface area contributed by atoms with Gasteiger partial charge in [0.25, 0.3) is 0 Å². The Balaban J connectivity index is 2.17. The van der Waals surface area contributed by atoms with Gasteiger partial charge in [-0.1, -0.05) is 23.7 Å². The molecule has 0 fully saturated rings. The second-order valence-corrected chi connectivity index (χ2v) is 5.31. The van der Waals surface area contributed by atoms with Crippen LogP contribution in [-0.2, 0) is 6.61 Å². The second kappa shape index (κ2) is 6.15. The Morgan fingerprint density at radius 2 is 1.90 bits per heavy atom. The lowest BCUT2D eigenvalue weighted by Crippen LogP contribution is -2.00. The van der Waals surface area contributed by atoms with E-state index in [9.17, 15) is 9.90 Å². The maximum atomic E-state index is 11.0. The Bertz CT molecular complexity index is 640. The highest BCUT2D eigenvalue weighted by Gasteiger charge is 2.15. The molecule has 0 atom stereocenters. The first-order valence-corrected chi connectivity index (χ1v) is 6.77. The summed E-state index contributed by atoms with van der Waals surface area (Å²) in [5.41, 5.74) is 0.681. The molecule has 4 nitrogen and oxygen atoms in total. The number of aromatic hydroxyl groups is 1. The van der Waals surface area contributed by atoms with Crippen molar-refractivity contribution in [2.75, 3.05) is 0 Å². The minimum absolute atomic E-state index is 0.217. The van der Waals surface area contributed by atoms with Gasteiger partial charge in [-0.25, -0.2) is 4.79 Å². The topological polar surface area (TPSA) is 66.8 Å². The third kappa shape index (κ3) is 3.43. The molecule has 0 heterocycles. The molecule has 0 saturated heterocycles. The Morgan fingerprint density at radius 1 is 1.25 bits per heavy atom. The van der Waals surface area contributed by atoms with E-state index in [-0.39, 0.29) is 22.4 Å². The van der Waals surface area contributed by atoms with Gasteiger partial charge < -0.3 is 14.9 Å². The van der Waals surface area contributed by atoms with Crippen LogP contribution in [0.5, 0.6) is 11.5 Å². The van der Waals surface area contributed by atoms with Crippen molar-refractivity contribution in [1.29, 1.82) is 0 Å². The lowest BCUT2D eigenvalue weighted by molar-refractivity contribution is 0.0693. The monoisotopic (exact) mass is 356 g/mol. The number of halogens is 2. The molecule has 0 aliphatic carbocycles. The van der Waals surface area contributed by atoms with Gasteiger partial charge in [-0.2, -0.15) is 0 Å². The van der Waals surface area contributed by atoms with Gasteiger partial charge in [0, 0.05) is 5.02 Å². The van der Waals surface area contributed by atoms with Crippen molar-refractivity contribution in [2.24, 2.45) is 0 Å². The maximum Gasteiger partial charge on any atom is 0.339 e. The number of carboxylic acid groups (broad SMARTS) is 1. The zero-order valence-corrected chi connectivity index (χ0v) is 12.5. The lowest BCUT2D eigenvalue weighted by atomic mass is 10.2. The summed E-state index contributed by atoms with van der Waals surface area (Å²) in [6.45, 7) is 0.271. The predicted molar refractivity (Wildman–Crippen MR) is 78.6 cm³/mol. The Morgan fingerprint density at radius 3 is 2.50 bits per heavy atom. The number of hydrogen-bond acceptors (Lipinski definition) is 3. The highest BCUT2D eigenvalue weighted by atomic mass is 79.9. The van der Waals surface area contributed by atoms with Crippen LogP contribution in [0.1, 0.15) is 15.9 Å². The molecule has 104 valence electrons. The molecule has 0 amide bonds. The van der Waals surface area contributed by atoms with Gasteiger partial charge in [0.15, 0.2) is 0 Å². The number of carbonyl (C=O) groups is 1. The number of aromatic carboxylic acids is 1. The Hall–Kier alpha value is -1.72. The number of benzene rings is 2. The average Bonchev–Trinajstić information content (AvgIpc) is 2.41. The molecule has 6 heteroatoms. The van der Waals surface area contributed by atoms with Gasteiger partial charge in [0.05, 0.1) is 4.47 Å². The summed E-state index contributed by atoms with van der Waals surface area (Å²) in [5.74, 6) is -1.20. The fraction of sp³-hybridized carbons (Fsp3) is 0.0714. The SMILES string of the molecule is O=C(O)c1cc(OCc2ccc(Cl)cc2)cc(Br)c1O. The molecule has 0 aliphatic heterocycles. The van der Waals surface area contributed by atoms with Crippen LogP contribution in [0.3, 0.4) is 0 Å². The van der Waals surface area contributed by atoms with E-state index in [2.05, 4.69) is 15.9 Å². The van der Waals surface area contributed by atoms with Crippen LogP contribution in [0.2, 0.25) is 5.02 Å². The summed E-state index contributed by atoms with van der Waals surface area (Å²) < 4.78 is 5.78. The van der Waals surface area contributed by atoms with Crippen LogP contribution in [0.4, 0.5) is 0 Å². The molecule has 0 aromatic heterocycles. The largest absolute Gasteiger partial charge is 0.506 e. The van der Waals surface area contributed by atoms with Gasteiger partial charge in [-0.15, -0.1) is 0 Å². The van der Waals surface area contributed by atoms with Crippen molar-refractivity contribution in [3.63, 3.8) is 0 Å². The Labute approximate surface area is 128 Å². The smallest absolute Gasteiger partial charge is 0.339 e. The van der Waals surface area contributed by atoms with E-state index >= 15 is 0 Å². The fourth-order valence-corrected chi connectivity index (χ4v) is 2.13. The van der Waals surface area contributed by atoms with Crippen LogP contribution in [0.15, 0.2) is 40.9 Å². The minimum Gasteiger partial charge on any atom is -0.506 e. The molecule has 2 rings (SSSR count). The van der Waals surface area contributed by atoms with Crippen LogP contribution in [0, 0.1) is 0 Å². The first kappa shape index (κ1) is 14.7. The van der Waals surface area contributed by atoms with E-state index in [0.29, 0.717) is 10.8 Å². The maximum absolute atomic E-state index is 11.0. The molecule has 0 aliphatic rings. The van der Waals surface area contributed by atoms with Crippen molar-refractivity contribution in [1.82, 2.24) is 0 Å². The average molecular weight is 358 g/mol. The molecule has 2 N–H and O–H groups in total. The molecule has 0 bridgehead atoms. The second-order valence-electron chi connectivity index (χ2n) is 4.02. The molecule has 0 spiro atoms. The molecule has 0 saturated carbocycles. The van der Waals surface area contributed by atoms with Gasteiger partial charge in [0.2, 0.25) is 0 Å². The van der Waals surface area contributed by atoms with Gasteiger partial charge in [-0.05, 0) is 45.8 Å². The first-order chi connectivity index (χ1) is 9.47. The van der Waals surface area contributed by atoms with Crippen LogP contribution < -0.4 is 4.74 Å². The summed E-state index contributed by atoms with van der Waals surface area (Å²) in [7, 11) is 0. The van der Waals surface area contributed by atoms with Crippen molar-refractivity contribution in [3.05, 3.63) is 57.0 Å². The summed E-state index contributed by atoms with van der Waals surface area (Å²) in [4.78, 5) is 11.0. The number of rotatable bonds is 4. The van der Waals surface area contributed by atoms with Crippen molar-refractivity contribution >= 4 is 33.5 Å². The van der Waals surface area contributed by atoms with E-state index in [1.54, 1.807) is 12.1 Å². The summed E-state index contributed by atoms with van der Waals surface area (Å²) >= 11 is 8.87. The number of phenols is 1. The molecule has 2 aromatic rings. The van der Waals surface area contributed by atoms with Crippen LogP contribution in [-0.4, -0.2) is 16.2 Å². The van der Waals surface area contributed by atoms with Crippen molar-refractivity contribution in [3.8, 4) is 11.5 Å². The fourth-order valence-electron chi connectivity index (χ4n) is 1.57. The standard InChI is InChI=1S/C14H10BrClO4/c15-12-6-10(5-11(13(12)17)14(18)19)20-7-8-1-3-9(16)4-2-8/h1-6,17H,7H2,(H,18,19). The zero-order valence-electron chi connectivity index (χ0n) is 10.1. The van der Waals surface area contributed by atoms with E-state index in [4.69, 9.17) is 21.4 Å². The highest BCUT2D eigenvalue weighted by molar-refractivity contribution is 9.10. The van der Waals surface area contributed by atoms with E-state index in [0.717, 1.165) is 5.56 Å². The molecule has 0 unspecified atom stereocenters. The molecule has 0 radical (unpaired) electrons. The molecule has 2 aromatic carbocycles. The minimum atomic E-state index is -1.22. The summed E-state index contributed by atoms with van der Waals surface area (Å²) in [6, 6.07) is 9.91. The Kier molecular flexibility index (Phi) is 4.52. The lowest BCUT2D eigenvalue weighted by Gasteiger charge is -2.09. The van der Waals surface area contributed by atoms with Gasteiger partial charge >= 0.3 is 5.97 Å². The van der Waals surface area contributed by atoms with Gasteiger partial charge in [-0.3, -0.25) is 0 Å². The van der Waals surface area contributed by atoms with E-state index in [1.165, 1.54) is 12.1 Å². The quantitative estimate of drug-likeness (QED) is 0.865. The molecular formula is C14H10BrClO4. The number of carboxylic acids is 1. The van der Waals surface area contributed by atoms with E-state index in [1.807, 2.05) is 12.1 Å². The predicted octanol–water partition coefficient (Wildman–Crippen LogP) is 4.09. The molecule has 20 heavy (non-hydrogen) atoms. The summed E-state index contributed by atoms with van der Waals surface area (Å²) in [5, 5.41) is 19.2. The number of ether oxygens (including phenoxy) is 1. The van der Waals surface area contributed by atoms with E-state index < -0.39 is 5.97 Å². The first-order valence-electron chi connectivity index (χ1n) is 5.60. The zero-order chi connectivity index (χ0) is 14.7. The van der Waals surface area contributed by atoms with Crippen LogP contribution >= 0.6 is 27.5 Å². The third-order valence-electron chi connectivity index (χ3n) is 2.59. The van der Waals surface area contributed by atoms with Crippen molar-refractivity contribution < 1.29 is 19.7 Å². The van der Waals surface area contributed by atoms with Crippen LogP contribution in [0.25, 0.3) is 0 Å². The van der Waals surface area contributed by atoms with Crippen molar-refractivity contribution in [2.45, 2.75) is 6.61 Å². The molecular weight excluding hydrogens is 348 g/mol.